The number of nitriles is 1. The lowest BCUT2D eigenvalue weighted by molar-refractivity contribution is -0.116. The molecule has 0 atom stereocenters. The normalized spacial score (nSPS) is 9.84. The first-order valence-electron chi connectivity index (χ1n) is 6.05. The van der Waals surface area contributed by atoms with E-state index in [2.05, 4.69) is 10.4 Å². The second kappa shape index (κ2) is 6.36. The van der Waals surface area contributed by atoms with E-state index in [4.69, 9.17) is 5.26 Å². The van der Waals surface area contributed by atoms with Gasteiger partial charge in [-0.05, 0) is 30.7 Å². The summed E-state index contributed by atoms with van der Waals surface area (Å²) in [5.74, 6) is -0.0535. The number of nitrogens with one attached hydrogen (secondary N) is 1. The summed E-state index contributed by atoms with van der Waals surface area (Å²) in [6.07, 6.45) is 4.74. The fourth-order valence-electron chi connectivity index (χ4n) is 1.72. The van der Waals surface area contributed by atoms with Crippen molar-refractivity contribution in [1.29, 1.82) is 5.26 Å². The lowest BCUT2D eigenvalue weighted by Crippen LogP contribution is -2.12. The van der Waals surface area contributed by atoms with E-state index in [0.717, 1.165) is 13.0 Å². The summed E-state index contributed by atoms with van der Waals surface area (Å²) in [4.78, 5) is 11.7. The fraction of sp³-hybridized carbons (Fsp3) is 0.214. The van der Waals surface area contributed by atoms with Crippen LogP contribution in [0.15, 0.2) is 42.7 Å². The molecule has 0 aliphatic heterocycles. The minimum Gasteiger partial charge on any atom is -0.326 e. The van der Waals surface area contributed by atoms with Crippen LogP contribution in [0.3, 0.4) is 0 Å². The van der Waals surface area contributed by atoms with Crippen LogP contribution in [0.5, 0.6) is 0 Å². The van der Waals surface area contributed by atoms with Crippen molar-refractivity contribution in [3.8, 4) is 6.07 Å². The zero-order valence-corrected chi connectivity index (χ0v) is 10.4. The number of rotatable bonds is 5. The Hall–Kier alpha value is -2.61. The average Bonchev–Trinajstić information content (AvgIpc) is 2.92. The van der Waals surface area contributed by atoms with Gasteiger partial charge < -0.3 is 5.32 Å². The van der Waals surface area contributed by atoms with Crippen LogP contribution >= 0.6 is 0 Å². The average molecular weight is 254 g/mol. The van der Waals surface area contributed by atoms with Gasteiger partial charge in [0.05, 0.1) is 11.6 Å². The minimum atomic E-state index is -0.0535. The van der Waals surface area contributed by atoms with Crippen LogP contribution in [0.4, 0.5) is 5.69 Å². The Bertz CT molecular complexity index is 584. The topological polar surface area (TPSA) is 70.7 Å². The van der Waals surface area contributed by atoms with Gasteiger partial charge in [-0.3, -0.25) is 9.48 Å². The number of hydrogen-bond donors (Lipinski definition) is 1. The number of nitrogens with zero attached hydrogens (tertiary/aromatic N) is 3. The first-order valence-corrected chi connectivity index (χ1v) is 6.05. The molecule has 2 rings (SSSR count). The number of benzene rings is 1. The summed E-state index contributed by atoms with van der Waals surface area (Å²) >= 11 is 0. The van der Waals surface area contributed by atoms with E-state index in [1.54, 1.807) is 35.1 Å². The SMILES string of the molecule is N#Cc1cccc(NC(=O)CCCn2cccn2)c1. The molecule has 2 aromatic rings. The summed E-state index contributed by atoms with van der Waals surface area (Å²) in [5.41, 5.74) is 1.19. The number of anilines is 1. The fourth-order valence-corrected chi connectivity index (χ4v) is 1.72. The van der Waals surface area contributed by atoms with Gasteiger partial charge >= 0.3 is 0 Å². The number of carbonyl (C=O) groups is 1. The number of amides is 1. The molecule has 0 radical (unpaired) electrons. The van der Waals surface area contributed by atoms with Crippen molar-refractivity contribution in [2.45, 2.75) is 19.4 Å². The van der Waals surface area contributed by atoms with Gasteiger partial charge in [0, 0.05) is 31.0 Å². The minimum absolute atomic E-state index is 0.0535. The molecular formula is C14H14N4O. The zero-order chi connectivity index (χ0) is 13.5. The van der Waals surface area contributed by atoms with Gasteiger partial charge in [0.25, 0.3) is 0 Å². The number of carbonyl (C=O) groups excluding carboxylic acids is 1. The summed E-state index contributed by atoms with van der Waals surface area (Å²) in [5, 5.41) is 15.6. The summed E-state index contributed by atoms with van der Waals surface area (Å²) in [6.45, 7) is 0.721. The number of aryl methyl sites for hydroxylation is 1. The van der Waals surface area contributed by atoms with E-state index < -0.39 is 0 Å². The third kappa shape index (κ3) is 3.96. The maximum absolute atomic E-state index is 11.7. The molecule has 1 N–H and O–H groups in total. The maximum Gasteiger partial charge on any atom is 0.224 e. The molecule has 1 amide bonds. The third-order valence-electron chi connectivity index (χ3n) is 2.63. The van der Waals surface area contributed by atoms with Gasteiger partial charge in [-0.15, -0.1) is 0 Å². The van der Waals surface area contributed by atoms with E-state index in [1.165, 1.54) is 0 Å². The Kier molecular flexibility index (Phi) is 4.29. The van der Waals surface area contributed by atoms with Crippen molar-refractivity contribution in [1.82, 2.24) is 9.78 Å². The highest BCUT2D eigenvalue weighted by Gasteiger charge is 2.03. The van der Waals surface area contributed by atoms with Crippen LogP contribution in [-0.4, -0.2) is 15.7 Å². The number of aromatic nitrogens is 2. The lowest BCUT2D eigenvalue weighted by atomic mass is 10.2. The third-order valence-corrected chi connectivity index (χ3v) is 2.63. The molecule has 96 valence electrons. The standard InChI is InChI=1S/C14H14N4O/c15-11-12-4-1-5-13(10-12)17-14(19)6-2-8-18-9-3-7-16-18/h1,3-5,7,9-10H,2,6,8H2,(H,17,19). The molecule has 5 heteroatoms. The molecule has 0 spiro atoms. The second-order valence-corrected chi connectivity index (χ2v) is 4.11. The molecule has 0 unspecified atom stereocenters. The van der Waals surface area contributed by atoms with E-state index in [1.807, 2.05) is 18.3 Å². The van der Waals surface area contributed by atoms with Gasteiger partial charge in [-0.2, -0.15) is 10.4 Å². The van der Waals surface area contributed by atoms with Crippen LogP contribution in [0.1, 0.15) is 18.4 Å². The van der Waals surface area contributed by atoms with Crippen LogP contribution in [0, 0.1) is 11.3 Å². The molecule has 0 aliphatic rings. The van der Waals surface area contributed by atoms with Crippen LogP contribution in [0.2, 0.25) is 0 Å². The summed E-state index contributed by atoms with van der Waals surface area (Å²) in [7, 11) is 0. The quantitative estimate of drug-likeness (QED) is 0.888. The Morgan fingerprint density at radius 1 is 1.42 bits per heavy atom. The largest absolute Gasteiger partial charge is 0.326 e. The van der Waals surface area contributed by atoms with Crippen molar-refractivity contribution < 1.29 is 4.79 Å². The number of hydrogen-bond acceptors (Lipinski definition) is 3. The molecule has 1 aromatic heterocycles. The molecular weight excluding hydrogens is 240 g/mol. The molecule has 0 bridgehead atoms. The van der Waals surface area contributed by atoms with Crippen LogP contribution in [0.25, 0.3) is 0 Å². The monoisotopic (exact) mass is 254 g/mol. The van der Waals surface area contributed by atoms with Crippen molar-refractivity contribution >= 4 is 11.6 Å². The van der Waals surface area contributed by atoms with Gasteiger partial charge in [-0.25, -0.2) is 0 Å². The van der Waals surface area contributed by atoms with Gasteiger partial charge in [-0.1, -0.05) is 6.07 Å². The maximum atomic E-state index is 11.7. The molecule has 19 heavy (non-hydrogen) atoms. The predicted molar refractivity (Wildman–Crippen MR) is 71.2 cm³/mol. The zero-order valence-electron chi connectivity index (χ0n) is 10.4. The first kappa shape index (κ1) is 12.8. The molecule has 0 aliphatic carbocycles. The van der Waals surface area contributed by atoms with Crippen LogP contribution < -0.4 is 5.32 Å². The highest BCUT2D eigenvalue weighted by molar-refractivity contribution is 5.90. The van der Waals surface area contributed by atoms with Crippen molar-refractivity contribution in [3.63, 3.8) is 0 Å². The predicted octanol–water partition coefficient (Wildman–Crippen LogP) is 2.17. The Morgan fingerprint density at radius 3 is 3.05 bits per heavy atom. The summed E-state index contributed by atoms with van der Waals surface area (Å²) < 4.78 is 1.80. The van der Waals surface area contributed by atoms with Crippen molar-refractivity contribution in [2.75, 3.05) is 5.32 Å². The van der Waals surface area contributed by atoms with Gasteiger partial charge in [0.15, 0.2) is 0 Å². The molecule has 0 saturated carbocycles. The Labute approximate surface area is 111 Å². The van der Waals surface area contributed by atoms with E-state index in [9.17, 15) is 4.79 Å². The van der Waals surface area contributed by atoms with Crippen molar-refractivity contribution in [3.05, 3.63) is 48.3 Å². The van der Waals surface area contributed by atoms with Gasteiger partial charge in [0.2, 0.25) is 5.91 Å². The molecule has 5 nitrogen and oxygen atoms in total. The smallest absolute Gasteiger partial charge is 0.224 e. The Balaban J connectivity index is 1.79. The molecule has 1 aromatic carbocycles. The molecule has 1 heterocycles. The highest BCUT2D eigenvalue weighted by Crippen LogP contribution is 2.10. The highest BCUT2D eigenvalue weighted by atomic mass is 16.1. The van der Waals surface area contributed by atoms with Crippen LogP contribution in [-0.2, 0) is 11.3 Å². The van der Waals surface area contributed by atoms with E-state index >= 15 is 0 Å². The van der Waals surface area contributed by atoms with Crippen molar-refractivity contribution in [2.24, 2.45) is 0 Å². The van der Waals surface area contributed by atoms with E-state index in [-0.39, 0.29) is 5.91 Å². The second-order valence-electron chi connectivity index (χ2n) is 4.11. The Morgan fingerprint density at radius 2 is 2.32 bits per heavy atom. The van der Waals surface area contributed by atoms with Gasteiger partial charge in [0.1, 0.15) is 0 Å². The first-order chi connectivity index (χ1) is 9.28. The summed E-state index contributed by atoms with van der Waals surface area (Å²) in [6, 6.07) is 10.8. The van der Waals surface area contributed by atoms with E-state index in [0.29, 0.717) is 17.7 Å². The molecule has 0 fully saturated rings. The lowest BCUT2D eigenvalue weighted by Gasteiger charge is -2.05. The molecule has 0 saturated heterocycles.